The normalized spacial score (nSPS) is 10.8. The van der Waals surface area contributed by atoms with E-state index in [2.05, 4.69) is 17.6 Å². The van der Waals surface area contributed by atoms with Gasteiger partial charge < -0.3 is 10.6 Å². The lowest BCUT2D eigenvalue weighted by atomic mass is 10.2. The van der Waals surface area contributed by atoms with E-state index in [1.807, 2.05) is 7.05 Å². The van der Waals surface area contributed by atoms with Crippen LogP contribution in [-0.4, -0.2) is 26.7 Å². The second kappa shape index (κ2) is 13.9. The van der Waals surface area contributed by atoms with Crippen molar-refractivity contribution in [2.75, 3.05) is 26.7 Å². The van der Waals surface area contributed by atoms with Gasteiger partial charge in [0.25, 0.3) is 0 Å². The maximum Gasteiger partial charge on any atom is -0.00489 e. The lowest BCUT2D eigenvalue weighted by Gasteiger charge is -2.04. The number of hydrogen-bond donors (Lipinski definition) is 2. The predicted molar refractivity (Wildman–Crippen MR) is 69.1 cm³/mol. The Bertz CT molecular complexity index is 92.7. The van der Waals surface area contributed by atoms with Gasteiger partial charge in [0.2, 0.25) is 0 Å². The van der Waals surface area contributed by atoms with E-state index in [1.165, 1.54) is 64.6 Å². The van der Waals surface area contributed by atoms with Gasteiger partial charge in [-0.2, -0.15) is 0 Å². The Labute approximate surface area is 96.2 Å². The minimum Gasteiger partial charge on any atom is -0.320 e. The standard InChI is InChI=1S/C13H29N2/c1-3-4-5-9-12-15-13-10-7-6-8-11-14-2/h14-15H,1,3-13H2,2H3. The van der Waals surface area contributed by atoms with Crippen LogP contribution < -0.4 is 10.6 Å². The SMILES string of the molecule is [CH2]CCCCCNCCCCCCNC. The van der Waals surface area contributed by atoms with Crippen LogP contribution in [0.25, 0.3) is 0 Å². The van der Waals surface area contributed by atoms with Crippen molar-refractivity contribution in [2.45, 2.75) is 51.4 Å². The molecule has 0 spiro atoms. The van der Waals surface area contributed by atoms with Gasteiger partial charge in [0.15, 0.2) is 0 Å². The second-order valence-corrected chi connectivity index (χ2v) is 4.18. The molecule has 0 unspecified atom stereocenters. The zero-order valence-electron chi connectivity index (χ0n) is 10.5. The van der Waals surface area contributed by atoms with Crippen LogP contribution in [0.4, 0.5) is 0 Å². The van der Waals surface area contributed by atoms with E-state index in [9.17, 15) is 0 Å². The minimum absolute atomic E-state index is 1.09. The predicted octanol–water partition coefficient (Wildman–Crippen LogP) is 2.75. The van der Waals surface area contributed by atoms with Crippen LogP contribution in [0.2, 0.25) is 0 Å². The van der Waals surface area contributed by atoms with Crippen molar-refractivity contribution in [3.8, 4) is 0 Å². The highest BCUT2D eigenvalue weighted by molar-refractivity contribution is 4.51. The summed E-state index contributed by atoms with van der Waals surface area (Å²) in [5.41, 5.74) is 0. The molecule has 2 N–H and O–H groups in total. The molecule has 0 aromatic rings. The van der Waals surface area contributed by atoms with Gasteiger partial charge in [-0.15, -0.1) is 0 Å². The van der Waals surface area contributed by atoms with Crippen LogP contribution >= 0.6 is 0 Å². The lowest BCUT2D eigenvalue weighted by Crippen LogP contribution is -2.16. The van der Waals surface area contributed by atoms with Crippen LogP contribution in [0.5, 0.6) is 0 Å². The molecule has 0 aromatic carbocycles. The summed E-state index contributed by atoms with van der Waals surface area (Å²) in [4.78, 5) is 0. The number of unbranched alkanes of at least 4 members (excludes halogenated alkanes) is 6. The Hall–Kier alpha value is -0.0800. The molecule has 91 valence electrons. The summed E-state index contributed by atoms with van der Waals surface area (Å²) in [6.07, 6.45) is 10.4. The van der Waals surface area contributed by atoms with E-state index in [0.29, 0.717) is 0 Å². The van der Waals surface area contributed by atoms with Gasteiger partial charge >= 0.3 is 0 Å². The van der Waals surface area contributed by atoms with Crippen LogP contribution in [-0.2, 0) is 0 Å². The van der Waals surface area contributed by atoms with E-state index in [1.54, 1.807) is 0 Å². The highest BCUT2D eigenvalue weighted by Gasteiger charge is 1.90. The first-order chi connectivity index (χ1) is 7.41. The summed E-state index contributed by atoms with van der Waals surface area (Å²) in [5, 5.41) is 6.68. The summed E-state index contributed by atoms with van der Waals surface area (Å²) in [5.74, 6) is 0. The summed E-state index contributed by atoms with van der Waals surface area (Å²) in [6.45, 7) is 7.40. The molecule has 0 aliphatic carbocycles. The molecule has 0 atom stereocenters. The zero-order valence-corrected chi connectivity index (χ0v) is 10.5. The average molecular weight is 213 g/mol. The molecule has 0 aromatic heterocycles. The number of rotatable bonds is 12. The first kappa shape index (κ1) is 14.9. The summed E-state index contributed by atoms with van der Waals surface area (Å²) in [6, 6.07) is 0. The van der Waals surface area contributed by atoms with E-state index in [4.69, 9.17) is 0 Å². The van der Waals surface area contributed by atoms with E-state index in [-0.39, 0.29) is 0 Å². The fourth-order valence-corrected chi connectivity index (χ4v) is 1.63. The fourth-order valence-electron chi connectivity index (χ4n) is 1.63. The largest absolute Gasteiger partial charge is 0.320 e. The Kier molecular flexibility index (Phi) is 13.8. The third-order valence-corrected chi connectivity index (χ3v) is 2.63. The third-order valence-electron chi connectivity index (χ3n) is 2.63. The van der Waals surface area contributed by atoms with Gasteiger partial charge in [-0.1, -0.05) is 39.0 Å². The van der Waals surface area contributed by atoms with Gasteiger partial charge in [0.1, 0.15) is 0 Å². The fraction of sp³-hybridized carbons (Fsp3) is 0.923. The lowest BCUT2D eigenvalue weighted by molar-refractivity contribution is 0.557. The Balaban J connectivity index is 2.81. The highest BCUT2D eigenvalue weighted by atomic mass is 14.8. The maximum absolute atomic E-state index is 3.84. The summed E-state index contributed by atoms with van der Waals surface area (Å²) < 4.78 is 0. The van der Waals surface area contributed by atoms with Crippen molar-refractivity contribution >= 4 is 0 Å². The van der Waals surface area contributed by atoms with Crippen molar-refractivity contribution in [2.24, 2.45) is 0 Å². The quantitative estimate of drug-likeness (QED) is 0.487. The first-order valence-electron chi connectivity index (χ1n) is 6.56. The van der Waals surface area contributed by atoms with Crippen LogP contribution in [0.1, 0.15) is 51.4 Å². The molecule has 0 rings (SSSR count). The topological polar surface area (TPSA) is 24.1 Å². The molecule has 15 heavy (non-hydrogen) atoms. The molecule has 0 saturated heterocycles. The molecule has 0 amide bonds. The van der Waals surface area contributed by atoms with E-state index >= 15 is 0 Å². The molecule has 0 bridgehead atoms. The molecule has 0 aliphatic rings. The second-order valence-electron chi connectivity index (χ2n) is 4.18. The van der Waals surface area contributed by atoms with Crippen molar-refractivity contribution in [3.05, 3.63) is 6.92 Å². The molecule has 2 nitrogen and oxygen atoms in total. The molecule has 0 aliphatic heterocycles. The van der Waals surface area contributed by atoms with Crippen molar-refractivity contribution < 1.29 is 0 Å². The van der Waals surface area contributed by atoms with Crippen LogP contribution in [0.15, 0.2) is 0 Å². The van der Waals surface area contributed by atoms with Crippen molar-refractivity contribution in [1.29, 1.82) is 0 Å². The third kappa shape index (κ3) is 13.9. The van der Waals surface area contributed by atoms with Crippen molar-refractivity contribution in [3.63, 3.8) is 0 Å². The number of hydrogen-bond acceptors (Lipinski definition) is 2. The van der Waals surface area contributed by atoms with Gasteiger partial charge in [-0.25, -0.2) is 0 Å². The van der Waals surface area contributed by atoms with Gasteiger partial charge in [-0.3, -0.25) is 0 Å². The molecule has 0 fully saturated rings. The smallest absolute Gasteiger partial charge is 0.00489 e. The molecular weight excluding hydrogens is 184 g/mol. The van der Waals surface area contributed by atoms with Crippen molar-refractivity contribution in [1.82, 2.24) is 10.6 Å². The average Bonchev–Trinajstić information content (AvgIpc) is 2.26. The zero-order chi connectivity index (χ0) is 11.2. The summed E-state index contributed by atoms with van der Waals surface area (Å²) >= 11 is 0. The van der Waals surface area contributed by atoms with E-state index in [0.717, 1.165) is 6.42 Å². The Morgan fingerprint density at radius 1 is 0.733 bits per heavy atom. The molecule has 1 radical (unpaired) electrons. The minimum atomic E-state index is 1.09. The maximum atomic E-state index is 3.84. The molecule has 0 saturated carbocycles. The Morgan fingerprint density at radius 3 is 1.80 bits per heavy atom. The number of nitrogens with one attached hydrogen (secondary N) is 2. The van der Waals surface area contributed by atoms with Crippen LogP contribution in [0, 0.1) is 6.92 Å². The molecule has 0 heterocycles. The monoisotopic (exact) mass is 213 g/mol. The first-order valence-corrected chi connectivity index (χ1v) is 6.56. The highest BCUT2D eigenvalue weighted by Crippen LogP contribution is 1.99. The van der Waals surface area contributed by atoms with Gasteiger partial charge in [0, 0.05) is 0 Å². The Morgan fingerprint density at radius 2 is 1.27 bits per heavy atom. The van der Waals surface area contributed by atoms with Gasteiger partial charge in [-0.05, 0) is 45.9 Å². The molecular formula is C13H29N2. The van der Waals surface area contributed by atoms with Crippen LogP contribution in [0.3, 0.4) is 0 Å². The van der Waals surface area contributed by atoms with Gasteiger partial charge in [0.05, 0.1) is 0 Å². The summed E-state index contributed by atoms with van der Waals surface area (Å²) in [7, 11) is 2.02. The molecule has 2 heteroatoms. The van der Waals surface area contributed by atoms with E-state index < -0.39 is 0 Å².